The molecule has 4 nitrogen and oxygen atoms in total. The van der Waals surface area contributed by atoms with Crippen molar-refractivity contribution in [2.24, 2.45) is 0 Å². The van der Waals surface area contributed by atoms with Gasteiger partial charge in [0, 0.05) is 17.7 Å². The molecule has 4 heteroatoms. The molecule has 1 fully saturated rings. The maximum absolute atomic E-state index is 13.2. The number of nitrogens with zero attached hydrogens (tertiary/aromatic N) is 1. The van der Waals surface area contributed by atoms with Crippen LogP contribution >= 0.6 is 0 Å². The first-order valence-corrected chi connectivity index (χ1v) is 8.85. The summed E-state index contributed by atoms with van der Waals surface area (Å²) in [4.78, 5) is 15.2. The van der Waals surface area contributed by atoms with Crippen LogP contribution in [0.5, 0.6) is 11.5 Å². The van der Waals surface area contributed by atoms with E-state index in [1.165, 1.54) is 0 Å². The molecule has 1 atom stereocenters. The minimum absolute atomic E-state index is 0.0341. The van der Waals surface area contributed by atoms with Crippen molar-refractivity contribution >= 4 is 12.0 Å². The molecule has 4 rings (SSSR count). The Morgan fingerprint density at radius 1 is 1.19 bits per heavy atom. The monoisotopic (exact) mass is 347 g/mol. The molecule has 0 radical (unpaired) electrons. The van der Waals surface area contributed by atoms with Gasteiger partial charge in [-0.2, -0.15) is 0 Å². The molecule has 2 heterocycles. The number of hydrogen-bond donors (Lipinski definition) is 0. The summed E-state index contributed by atoms with van der Waals surface area (Å²) in [6.07, 6.45) is 7.21. The zero-order chi connectivity index (χ0) is 17.9. The number of likely N-dealkylation sites (tertiary alicyclic amines) is 1. The van der Waals surface area contributed by atoms with Gasteiger partial charge in [0.1, 0.15) is 11.5 Å². The van der Waals surface area contributed by atoms with Gasteiger partial charge in [-0.05, 0) is 48.8 Å². The van der Waals surface area contributed by atoms with Gasteiger partial charge in [-0.1, -0.05) is 30.3 Å². The molecule has 0 aliphatic carbocycles. The first kappa shape index (κ1) is 16.5. The van der Waals surface area contributed by atoms with Gasteiger partial charge in [-0.25, -0.2) is 0 Å². The third kappa shape index (κ3) is 3.10. The zero-order valence-corrected chi connectivity index (χ0v) is 14.7. The topological polar surface area (TPSA) is 38.8 Å². The number of hydrogen-bond acceptors (Lipinski definition) is 3. The van der Waals surface area contributed by atoms with E-state index in [0.29, 0.717) is 5.57 Å². The van der Waals surface area contributed by atoms with Crippen molar-refractivity contribution in [2.45, 2.75) is 18.9 Å². The van der Waals surface area contributed by atoms with Crippen molar-refractivity contribution in [3.8, 4) is 11.5 Å². The number of carbonyl (C=O) groups excluding carboxylic acids is 1. The number of para-hydroxylation sites is 1. The predicted octanol–water partition coefficient (Wildman–Crippen LogP) is 4.35. The van der Waals surface area contributed by atoms with Gasteiger partial charge in [0.25, 0.3) is 5.91 Å². The largest absolute Gasteiger partial charge is 0.497 e. The average molecular weight is 347 g/mol. The number of benzene rings is 2. The van der Waals surface area contributed by atoms with Crippen molar-refractivity contribution in [3.63, 3.8) is 0 Å². The smallest absolute Gasteiger partial charge is 0.254 e. The first-order chi connectivity index (χ1) is 12.8. The Morgan fingerprint density at radius 2 is 2.08 bits per heavy atom. The molecule has 0 unspecified atom stereocenters. The molecule has 2 aromatic rings. The van der Waals surface area contributed by atoms with Gasteiger partial charge < -0.3 is 14.4 Å². The Kier molecular flexibility index (Phi) is 4.48. The van der Waals surface area contributed by atoms with Gasteiger partial charge in [0.05, 0.1) is 19.4 Å². The maximum atomic E-state index is 13.2. The highest BCUT2D eigenvalue weighted by Crippen LogP contribution is 2.35. The SMILES string of the molecule is COc1cccc([C@@H]2CCCN2C(=O)C2=Cc3ccccc3OC=C2)c1. The molecule has 1 amide bonds. The van der Waals surface area contributed by atoms with Crippen LogP contribution in [0.15, 0.2) is 66.4 Å². The van der Waals surface area contributed by atoms with E-state index in [1.54, 1.807) is 19.4 Å². The van der Waals surface area contributed by atoms with E-state index in [9.17, 15) is 4.79 Å². The first-order valence-electron chi connectivity index (χ1n) is 8.85. The fraction of sp³-hybridized carbons (Fsp3) is 0.227. The van der Waals surface area contributed by atoms with Crippen molar-refractivity contribution in [1.29, 1.82) is 0 Å². The van der Waals surface area contributed by atoms with Crippen LogP contribution in [0, 0.1) is 0 Å². The lowest BCUT2D eigenvalue weighted by atomic mass is 10.0. The summed E-state index contributed by atoms with van der Waals surface area (Å²) in [5.41, 5.74) is 2.67. The van der Waals surface area contributed by atoms with Crippen LogP contribution in [0.25, 0.3) is 6.08 Å². The van der Waals surface area contributed by atoms with E-state index in [2.05, 4.69) is 6.07 Å². The van der Waals surface area contributed by atoms with E-state index < -0.39 is 0 Å². The van der Waals surface area contributed by atoms with Crippen molar-refractivity contribution in [1.82, 2.24) is 4.90 Å². The van der Waals surface area contributed by atoms with E-state index in [4.69, 9.17) is 9.47 Å². The van der Waals surface area contributed by atoms with Crippen LogP contribution in [0.3, 0.4) is 0 Å². The fourth-order valence-corrected chi connectivity index (χ4v) is 3.61. The summed E-state index contributed by atoms with van der Waals surface area (Å²) in [6, 6.07) is 15.8. The number of ether oxygens (including phenoxy) is 2. The third-order valence-electron chi connectivity index (χ3n) is 4.91. The molecule has 0 spiro atoms. The molecule has 0 saturated carbocycles. The standard InChI is InChI=1S/C22H21NO3/c1-25-19-8-4-7-16(15-19)20-9-5-12-23(20)22(24)18-11-13-26-21-10-3-2-6-17(21)14-18/h2-4,6-8,10-11,13-15,20H,5,9,12H2,1H3/t20-/m0/s1. The number of fused-ring (bicyclic) bond motifs is 1. The molecule has 2 aliphatic rings. The van der Waals surface area contributed by atoms with Crippen LogP contribution in [0.1, 0.15) is 30.0 Å². The normalized spacial score (nSPS) is 18.6. The van der Waals surface area contributed by atoms with Crippen LogP contribution < -0.4 is 9.47 Å². The van der Waals surface area contributed by atoms with Gasteiger partial charge in [0.15, 0.2) is 0 Å². The summed E-state index contributed by atoms with van der Waals surface area (Å²) < 4.78 is 11.0. The summed E-state index contributed by atoms with van der Waals surface area (Å²) in [6.45, 7) is 0.758. The highest BCUT2D eigenvalue weighted by molar-refractivity contribution is 6.01. The average Bonchev–Trinajstić information content (AvgIpc) is 3.07. The Morgan fingerprint density at radius 3 is 2.96 bits per heavy atom. The van der Waals surface area contributed by atoms with Crippen LogP contribution in [0.2, 0.25) is 0 Å². The molecule has 0 N–H and O–H groups in total. The minimum atomic E-state index is 0.0341. The van der Waals surface area contributed by atoms with Crippen LogP contribution in [-0.2, 0) is 4.79 Å². The van der Waals surface area contributed by atoms with E-state index >= 15 is 0 Å². The van der Waals surface area contributed by atoms with E-state index in [0.717, 1.165) is 42.0 Å². The minimum Gasteiger partial charge on any atom is -0.497 e. The molecule has 1 saturated heterocycles. The molecule has 132 valence electrons. The Balaban J connectivity index is 1.64. The van der Waals surface area contributed by atoms with Crippen LogP contribution in [-0.4, -0.2) is 24.5 Å². The number of amides is 1. The maximum Gasteiger partial charge on any atom is 0.254 e. The van der Waals surface area contributed by atoms with Crippen LogP contribution in [0.4, 0.5) is 0 Å². The Bertz CT molecular complexity index is 884. The van der Waals surface area contributed by atoms with E-state index in [1.807, 2.05) is 53.4 Å². The van der Waals surface area contributed by atoms with Gasteiger partial charge in [0.2, 0.25) is 0 Å². The summed E-state index contributed by atoms with van der Waals surface area (Å²) in [5.74, 6) is 1.61. The summed E-state index contributed by atoms with van der Waals surface area (Å²) in [7, 11) is 1.66. The Labute approximate surface area is 153 Å². The number of methoxy groups -OCH3 is 1. The molecule has 0 bridgehead atoms. The summed E-state index contributed by atoms with van der Waals surface area (Å²) in [5, 5.41) is 0. The molecule has 26 heavy (non-hydrogen) atoms. The molecule has 2 aromatic carbocycles. The highest BCUT2D eigenvalue weighted by atomic mass is 16.5. The van der Waals surface area contributed by atoms with Gasteiger partial charge in [-0.15, -0.1) is 0 Å². The lowest BCUT2D eigenvalue weighted by Gasteiger charge is -2.25. The molecular formula is C22H21NO3. The lowest BCUT2D eigenvalue weighted by molar-refractivity contribution is -0.127. The lowest BCUT2D eigenvalue weighted by Crippen LogP contribution is -2.31. The Hall–Kier alpha value is -3.01. The zero-order valence-electron chi connectivity index (χ0n) is 14.7. The fourth-order valence-electron chi connectivity index (χ4n) is 3.61. The third-order valence-corrected chi connectivity index (χ3v) is 4.91. The molecular weight excluding hydrogens is 326 g/mol. The second-order valence-corrected chi connectivity index (χ2v) is 6.49. The van der Waals surface area contributed by atoms with Gasteiger partial charge >= 0.3 is 0 Å². The molecule has 0 aromatic heterocycles. The highest BCUT2D eigenvalue weighted by Gasteiger charge is 2.31. The second-order valence-electron chi connectivity index (χ2n) is 6.49. The summed E-state index contributed by atoms with van der Waals surface area (Å²) >= 11 is 0. The number of rotatable bonds is 3. The van der Waals surface area contributed by atoms with Crippen molar-refractivity contribution < 1.29 is 14.3 Å². The van der Waals surface area contributed by atoms with Crippen molar-refractivity contribution in [2.75, 3.05) is 13.7 Å². The van der Waals surface area contributed by atoms with Gasteiger partial charge in [-0.3, -0.25) is 4.79 Å². The van der Waals surface area contributed by atoms with E-state index in [-0.39, 0.29) is 11.9 Å². The predicted molar refractivity (Wildman–Crippen MR) is 101 cm³/mol. The van der Waals surface area contributed by atoms with Crippen molar-refractivity contribution in [3.05, 3.63) is 77.6 Å². The second kappa shape index (κ2) is 7.08. The number of carbonyl (C=O) groups is 1. The molecule has 2 aliphatic heterocycles. The quantitative estimate of drug-likeness (QED) is 0.829.